The van der Waals surface area contributed by atoms with E-state index in [1.807, 2.05) is 16.9 Å². The molecule has 0 aliphatic heterocycles. The number of aliphatic imine (C=N–C) groups is 1. The van der Waals surface area contributed by atoms with Crippen molar-refractivity contribution in [1.29, 1.82) is 0 Å². The minimum atomic E-state index is 0. The van der Waals surface area contributed by atoms with Crippen LogP contribution in [0.2, 0.25) is 0 Å². The SMILES string of the molecule is CCNC(=NCCn1cccn1)NC1CC1C.I. The minimum absolute atomic E-state index is 0. The zero-order valence-corrected chi connectivity index (χ0v) is 13.3. The Labute approximate surface area is 125 Å². The number of hydrogen-bond donors (Lipinski definition) is 2. The fraction of sp³-hybridized carbons (Fsp3) is 0.667. The Balaban J connectivity index is 0.00000162. The molecule has 1 aromatic heterocycles. The lowest BCUT2D eigenvalue weighted by Crippen LogP contribution is -2.39. The summed E-state index contributed by atoms with van der Waals surface area (Å²) in [5.41, 5.74) is 0. The first-order valence-electron chi connectivity index (χ1n) is 6.32. The molecule has 0 amide bonds. The molecule has 1 fully saturated rings. The summed E-state index contributed by atoms with van der Waals surface area (Å²) < 4.78 is 1.90. The summed E-state index contributed by atoms with van der Waals surface area (Å²) in [5, 5.41) is 10.8. The summed E-state index contributed by atoms with van der Waals surface area (Å²) in [6, 6.07) is 2.54. The molecule has 0 spiro atoms. The largest absolute Gasteiger partial charge is 0.357 e. The Hall–Kier alpha value is -0.790. The van der Waals surface area contributed by atoms with Gasteiger partial charge in [0.05, 0.1) is 13.1 Å². The van der Waals surface area contributed by atoms with Crippen molar-refractivity contribution in [3.63, 3.8) is 0 Å². The van der Waals surface area contributed by atoms with Crippen molar-refractivity contribution in [2.45, 2.75) is 32.9 Å². The third-order valence-electron chi connectivity index (χ3n) is 2.93. The van der Waals surface area contributed by atoms with E-state index in [-0.39, 0.29) is 24.0 Å². The normalized spacial score (nSPS) is 22.2. The van der Waals surface area contributed by atoms with Gasteiger partial charge in [-0.25, -0.2) is 0 Å². The Morgan fingerprint density at radius 1 is 1.56 bits per heavy atom. The van der Waals surface area contributed by atoms with Crippen molar-refractivity contribution in [3.8, 4) is 0 Å². The highest BCUT2D eigenvalue weighted by Crippen LogP contribution is 2.28. The Kier molecular flexibility index (Phi) is 6.45. The van der Waals surface area contributed by atoms with Crippen LogP contribution in [0.3, 0.4) is 0 Å². The van der Waals surface area contributed by atoms with Gasteiger partial charge in [-0.15, -0.1) is 24.0 Å². The number of hydrogen-bond acceptors (Lipinski definition) is 2. The van der Waals surface area contributed by atoms with E-state index in [1.165, 1.54) is 6.42 Å². The Morgan fingerprint density at radius 2 is 2.33 bits per heavy atom. The molecule has 6 heteroatoms. The second-order valence-electron chi connectivity index (χ2n) is 4.49. The molecule has 0 aromatic carbocycles. The van der Waals surface area contributed by atoms with E-state index in [1.54, 1.807) is 6.20 Å². The standard InChI is InChI=1S/C12H21N5.HI/c1-3-13-12(16-11-9-10(11)2)14-6-8-17-7-4-5-15-17;/h4-5,7,10-11H,3,6,8-9H2,1-2H3,(H2,13,14,16);1H. The van der Waals surface area contributed by atoms with Gasteiger partial charge in [-0.1, -0.05) is 6.92 Å². The van der Waals surface area contributed by atoms with Crippen LogP contribution in [0.15, 0.2) is 23.5 Å². The predicted octanol–water partition coefficient (Wildman–Crippen LogP) is 1.46. The first kappa shape index (κ1) is 15.3. The first-order valence-corrected chi connectivity index (χ1v) is 6.32. The molecule has 18 heavy (non-hydrogen) atoms. The zero-order chi connectivity index (χ0) is 12.1. The monoisotopic (exact) mass is 363 g/mol. The average Bonchev–Trinajstić information content (AvgIpc) is 2.81. The highest BCUT2D eigenvalue weighted by atomic mass is 127. The van der Waals surface area contributed by atoms with E-state index in [9.17, 15) is 0 Å². The third-order valence-corrected chi connectivity index (χ3v) is 2.93. The smallest absolute Gasteiger partial charge is 0.191 e. The highest BCUT2D eigenvalue weighted by molar-refractivity contribution is 14.0. The van der Waals surface area contributed by atoms with E-state index >= 15 is 0 Å². The minimum Gasteiger partial charge on any atom is -0.357 e. The van der Waals surface area contributed by atoms with Gasteiger partial charge in [-0.2, -0.15) is 5.10 Å². The number of guanidine groups is 1. The summed E-state index contributed by atoms with van der Waals surface area (Å²) in [5.74, 6) is 1.71. The number of nitrogens with one attached hydrogen (secondary N) is 2. The zero-order valence-electron chi connectivity index (χ0n) is 11.0. The van der Waals surface area contributed by atoms with E-state index in [4.69, 9.17) is 0 Å². The van der Waals surface area contributed by atoms with Gasteiger partial charge in [-0.05, 0) is 25.3 Å². The van der Waals surface area contributed by atoms with E-state index < -0.39 is 0 Å². The van der Waals surface area contributed by atoms with Crippen molar-refractivity contribution in [2.24, 2.45) is 10.9 Å². The third kappa shape index (κ3) is 4.83. The van der Waals surface area contributed by atoms with E-state index in [0.717, 1.165) is 31.5 Å². The molecule has 1 heterocycles. The van der Waals surface area contributed by atoms with Gasteiger partial charge in [0.15, 0.2) is 5.96 Å². The van der Waals surface area contributed by atoms with Gasteiger partial charge in [0.2, 0.25) is 0 Å². The van der Waals surface area contributed by atoms with Crippen molar-refractivity contribution in [1.82, 2.24) is 20.4 Å². The average molecular weight is 363 g/mol. The summed E-state index contributed by atoms with van der Waals surface area (Å²) in [4.78, 5) is 4.54. The summed E-state index contributed by atoms with van der Waals surface area (Å²) in [6.07, 6.45) is 5.00. The lowest BCUT2D eigenvalue weighted by Gasteiger charge is -2.10. The van der Waals surface area contributed by atoms with Crippen LogP contribution in [0.25, 0.3) is 0 Å². The summed E-state index contributed by atoms with van der Waals surface area (Å²) >= 11 is 0. The lowest BCUT2D eigenvalue weighted by molar-refractivity contribution is 0.621. The fourth-order valence-electron chi connectivity index (χ4n) is 1.72. The van der Waals surface area contributed by atoms with Gasteiger partial charge in [-0.3, -0.25) is 9.67 Å². The van der Waals surface area contributed by atoms with Crippen LogP contribution in [0, 0.1) is 5.92 Å². The van der Waals surface area contributed by atoms with Gasteiger partial charge in [0, 0.05) is 25.0 Å². The summed E-state index contributed by atoms with van der Waals surface area (Å²) in [6.45, 7) is 6.81. The van der Waals surface area contributed by atoms with Crippen LogP contribution in [0.4, 0.5) is 0 Å². The van der Waals surface area contributed by atoms with E-state index in [2.05, 4.69) is 34.6 Å². The molecular formula is C12H22IN5. The molecule has 2 N–H and O–H groups in total. The number of nitrogens with zero attached hydrogens (tertiary/aromatic N) is 3. The van der Waals surface area contributed by atoms with Crippen LogP contribution in [0.1, 0.15) is 20.3 Å². The topological polar surface area (TPSA) is 54.2 Å². The molecule has 2 unspecified atom stereocenters. The maximum atomic E-state index is 4.54. The van der Waals surface area contributed by atoms with Gasteiger partial charge < -0.3 is 10.6 Å². The number of halogens is 1. The molecular weight excluding hydrogens is 341 g/mol. The molecule has 2 atom stereocenters. The molecule has 0 bridgehead atoms. The van der Waals surface area contributed by atoms with Crippen LogP contribution < -0.4 is 10.6 Å². The van der Waals surface area contributed by atoms with Crippen molar-refractivity contribution >= 4 is 29.9 Å². The second kappa shape index (κ2) is 7.60. The lowest BCUT2D eigenvalue weighted by atomic mass is 10.5. The second-order valence-corrected chi connectivity index (χ2v) is 4.49. The molecule has 5 nitrogen and oxygen atoms in total. The van der Waals surface area contributed by atoms with Crippen LogP contribution >= 0.6 is 24.0 Å². The van der Waals surface area contributed by atoms with Crippen LogP contribution in [-0.4, -0.2) is 34.9 Å². The van der Waals surface area contributed by atoms with Gasteiger partial charge in [0.25, 0.3) is 0 Å². The molecule has 102 valence electrons. The maximum absolute atomic E-state index is 4.54. The summed E-state index contributed by atoms with van der Waals surface area (Å²) in [7, 11) is 0. The number of aromatic nitrogens is 2. The molecule has 2 rings (SSSR count). The van der Waals surface area contributed by atoms with Crippen LogP contribution in [0.5, 0.6) is 0 Å². The van der Waals surface area contributed by atoms with Crippen molar-refractivity contribution in [3.05, 3.63) is 18.5 Å². The Bertz CT molecular complexity index is 363. The quantitative estimate of drug-likeness (QED) is 0.473. The predicted molar refractivity (Wildman–Crippen MR) is 84.3 cm³/mol. The van der Waals surface area contributed by atoms with E-state index in [0.29, 0.717) is 6.04 Å². The molecule has 1 aliphatic rings. The molecule has 0 radical (unpaired) electrons. The van der Waals surface area contributed by atoms with Crippen LogP contribution in [-0.2, 0) is 6.54 Å². The highest BCUT2D eigenvalue weighted by Gasteiger charge is 2.33. The fourth-order valence-corrected chi connectivity index (χ4v) is 1.72. The molecule has 1 saturated carbocycles. The maximum Gasteiger partial charge on any atom is 0.191 e. The van der Waals surface area contributed by atoms with Gasteiger partial charge >= 0.3 is 0 Å². The van der Waals surface area contributed by atoms with Crippen molar-refractivity contribution < 1.29 is 0 Å². The molecule has 0 saturated heterocycles. The van der Waals surface area contributed by atoms with Crippen molar-refractivity contribution in [2.75, 3.05) is 13.1 Å². The first-order chi connectivity index (χ1) is 8.29. The number of rotatable bonds is 5. The Morgan fingerprint density at radius 3 is 2.89 bits per heavy atom. The van der Waals surface area contributed by atoms with Gasteiger partial charge in [0.1, 0.15) is 0 Å². The molecule has 1 aromatic rings. The molecule has 1 aliphatic carbocycles.